The van der Waals surface area contributed by atoms with Gasteiger partial charge in [0.25, 0.3) is 0 Å². The van der Waals surface area contributed by atoms with Crippen LogP contribution in [0.15, 0.2) is 0 Å². The van der Waals surface area contributed by atoms with Crippen LogP contribution in [0.1, 0.15) is 33.6 Å². The third-order valence-corrected chi connectivity index (χ3v) is 3.81. The van der Waals surface area contributed by atoms with Gasteiger partial charge < -0.3 is 9.69 Å². The summed E-state index contributed by atoms with van der Waals surface area (Å²) in [6.07, 6.45) is 1.76. The standard InChI is InChI=1S/C11H21NOS/c1-10(13)5-4-6-12-7-8-14-11(2,3)9-12/h4-9H2,1-3H3. The molecule has 14 heavy (non-hydrogen) atoms. The normalized spacial score (nSPS) is 22.2. The quantitative estimate of drug-likeness (QED) is 0.717. The molecule has 0 N–H and O–H groups in total. The third-order valence-electron chi connectivity index (χ3n) is 2.51. The van der Waals surface area contributed by atoms with E-state index in [1.165, 1.54) is 12.3 Å². The van der Waals surface area contributed by atoms with Crippen molar-refractivity contribution in [2.45, 2.75) is 38.4 Å². The minimum Gasteiger partial charge on any atom is -0.301 e. The number of carbonyl (C=O) groups is 1. The molecule has 0 aromatic rings. The Morgan fingerprint density at radius 1 is 1.50 bits per heavy atom. The first kappa shape index (κ1) is 12.1. The molecule has 0 radical (unpaired) electrons. The molecule has 1 saturated heterocycles. The number of ketones is 1. The van der Waals surface area contributed by atoms with Crippen molar-refractivity contribution in [2.24, 2.45) is 0 Å². The van der Waals surface area contributed by atoms with Crippen LogP contribution in [0.3, 0.4) is 0 Å². The molecule has 0 aliphatic carbocycles. The van der Waals surface area contributed by atoms with Gasteiger partial charge in [0.15, 0.2) is 0 Å². The second-order valence-corrected chi connectivity index (χ2v) is 6.49. The second-order valence-electron chi connectivity index (χ2n) is 4.69. The van der Waals surface area contributed by atoms with Crippen LogP contribution >= 0.6 is 11.8 Å². The highest BCUT2D eigenvalue weighted by Crippen LogP contribution is 2.29. The fourth-order valence-electron chi connectivity index (χ4n) is 1.86. The van der Waals surface area contributed by atoms with Gasteiger partial charge >= 0.3 is 0 Å². The lowest BCUT2D eigenvalue weighted by molar-refractivity contribution is -0.117. The van der Waals surface area contributed by atoms with Gasteiger partial charge in [0.2, 0.25) is 0 Å². The molecule has 0 bridgehead atoms. The zero-order valence-electron chi connectivity index (χ0n) is 9.51. The second kappa shape index (κ2) is 5.17. The van der Waals surface area contributed by atoms with Crippen molar-refractivity contribution < 1.29 is 4.79 Å². The van der Waals surface area contributed by atoms with Crippen molar-refractivity contribution in [3.05, 3.63) is 0 Å². The highest BCUT2D eigenvalue weighted by atomic mass is 32.2. The summed E-state index contributed by atoms with van der Waals surface area (Å²) in [4.78, 5) is 13.3. The molecule has 0 aromatic heterocycles. The van der Waals surface area contributed by atoms with Gasteiger partial charge in [-0.05, 0) is 33.7 Å². The van der Waals surface area contributed by atoms with E-state index in [4.69, 9.17) is 0 Å². The Morgan fingerprint density at radius 3 is 2.79 bits per heavy atom. The van der Waals surface area contributed by atoms with Crippen LogP contribution in [-0.2, 0) is 4.79 Å². The Bertz CT molecular complexity index is 203. The van der Waals surface area contributed by atoms with Gasteiger partial charge in [-0.15, -0.1) is 0 Å². The number of rotatable bonds is 4. The van der Waals surface area contributed by atoms with Crippen LogP contribution in [-0.4, -0.2) is 40.8 Å². The van der Waals surface area contributed by atoms with Crippen molar-refractivity contribution >= 4 is 17.5 Å². The number of hydrogen-bond acceptors (Lipinski definition) is 3. The van der Waals surface area contributed by atoms with Crippen LogP contribution in [0.4, 0.5) is 0 Å². The van der Waals surface area contributed by atoms with Crippen LogP contribution in [0.2, 0.25) is 0 Å². The minimum absolute atomic E-state index is 0.315. The fourth-order valence-corrected chi connectivity index (χ4v) is 3.03. The first-order valence-corrected chi connectivity index (χ1v) is 6.34. The average molecular weight is 215 g/mol. The largest absolute Gasteiger partial charge is 0.301 e. The molecular weight excluding hydrogens is 194 g/mol. The van der Waals surface area contributed by atoms with Crippen molar-refractivity contribution in [1.82, 2.24) is 4.90 Å². The summed E-state index contributed by atoms with van der Waals surface area (Å²) < 4.78 is 0.397. The van der Waals surface area contributed by atoms with Crippen LogP contribution in [0.5, 0.6) is 0 Å². The van der Waals surface area contributed by atoms with E-state index in [2.05, 4.69) is 30.5 Å². The lowest BCUT2D eigenvalue weighted by Gasteiger charge is -2.37. The number of thioether (sulfide) groups is 1. The maximum absolute atomic E-state index is 10.8. The van der Waals surface area contributed by atoms with E-state index in [1.807, 2.05) is 0 Å². The van der Waals surface area contributed by atoms with Gasteiger partial charge in [0, 0.05) is 30.0 Å². The van der Waals surface area contributed by atoms with Crippen LogP contribution in [0.25, 0.3) is 0 Å². The molecule has 1 fully saturated rings. The summed E-state index contributed by atoms with van der Waals surface area (Å²) in [5, 5.41) is 0. The number of Topliss-reactive ketones (excluding diaryl/α,β-unsaturated/α-hetero) is 1. The average Bonchev–Trinajstić information content (AvgIpc) is 2.01. The van der Waals surface area contributed by atoms with Gasteiger partial charge in [-0.3, -0.25) is 0 Å². The molecule has 1 aliphatic heterocycles. The molecule has 2 nitrogen and oxygen atoms in total. The lowest BCUT2D eigenvalue weighted by Crippen LogP contribution is -2.43. The summed E-state index contributed by atoms with van der Waals surface area (Å²) in [5.74, 6) is 1.54. The first-order valence-electron chi connectivity index (χ1n) is 5.35. The smallest absolute Gasteiger partial charge is 0.129 e. The maximum Gasteiger partial charge on any atom is 0.129 e. The van der Waals surface area contributed by atoms with Gasteiger partial charge in [-0.2, -0.15) is 11.8 Å². The molecule has 0 saturated carbocycles. The first-order chi connectivity index (χ1) is 6.49. The third kappa shape index (κ3) is 4.47. The molecule has 1 heterocycles. The predicted molar refractivity (Wildman–Crippen MR) is 62.9 cm³/mol. The zero-order chi connectivity index (χ0) is 10.6. The minimum atomic E-state index is 0.315. The molecule has 82 valence electrons. The Balaban J connectivity index is 2.21. The topological polar surface area (TPSA) is 20.3 Å². The van der Waals surface area contributed by atoms with Gasteiger partial charge in [-0.1, -0.05) is 0 Å². The number of carbonyl (C=O) groups excluding carboxylic acids is 1. The van der Waals surface area contributed by atoms with Gasteiger partial charge in [0.1, 0.15) is 5.78 Å². The summed E-state index contributed by atoms with van der Waals surface area (Å²) in [5.41, 5.74) is 0. The van der Waals surface area contributed by atoms with E-state index in [-0.39, 0.29) is 0 Å². The molecule has 3 heteroatoms. The van der Waals surface area contributed by atoms with E-state index in [0.29, 0.717) is 10.5 Å². The van der Waals surface area contributed by atoms with Crippen molar-refractivity contribution in [2.75, 3.05) is 25.4 Å². The highest BCUT2D eigenvalue weighted by molar-refractivity contribution is 8.00. The molecule has 0 unspecified atom stereocenters. The summed E-state index contributed by atoms with van der Waals surface area (Å²) >= 11 is 2.06. The van der Waals surface area contributed by atoms with Gasteiger partial charge in [-0.25, -0.2) is 0 Å². The van der Waals surface area contributed by atoms with E-state index >= 15 is 0 Å². The van der Waals surface area contributed by atoms with Gasteiger partial charge in [0.05, 0.1) is 0 Å². The Hall–Kier alpha value is -0.0200. The maximum atomic E-state index is 10.8. The lowest BCUT2D eigenvalue weighted by atomic mass is 10.1. The van der Waals surface area contributed by atoms with E-state index in [9.17, 15) is 4.79 Å². The van der Waals surface area contributed by atoms with Crippen LogP contribution < -0.4 is 0 Å². The summed E-state index contributed by atoms with van der Waals surface area (Å²) in [6.45, 7) is 9.71. The Morgan fingerprint density at radius 2 is 2.21 bits per heavy atom. The molecular formula is C11H21NOS. The fraction of sp³-hybridized carbons (Fsp3) is 0.909. The Kier molecular flexibility index (Phi) is 4.45. The van der Waals surface area contributed by atoms with E-state index in [1.54, 1.807) is 6.92 Å². The van der Waals surface area contributed by atoms with Crippen molar-refractivity contribution in [3.8, 4) is 0 Å². The monoisotopic (exact) mass is 215 g/mol. The Labute approximate surface area is 91.4 Å². The number of nitrogens with zero attached hydrogens (tertiary/aromatic N) is 1. The highest BCUT2D eigenvalue weighted by Gasteiger charge is 2.26. The molecule has 1 aliphatic rings. The molecule has 1 rings (SSSR count). The summed E-state index contributed by atoms with van der Waals surface area (Å²) in [6, 6.07) is 0. The molecule has 0 amide bonds. The molecule has 0 aromatic carbocycles. The SMILES string of the molecule is CC(=O)CCCN1CCSC(C)(C)C1. The van der Waals surface area contributed by atoms with E-state index in [0.717, 1.165) is 25.9 Å². The summed E-state index contributed by atoms with van der Waals surface area (Å²) in [7, 11) is 0. The number of hydrogen-bond donors (Lipinski definition) is 0. The van der Waals surface area contributed by atoms with Crippen molar-refractivity contribution in [3.63, 3.8) is 0 Å². The predicted octanol–water partition coefficient (Wildman–Crippen LogP) is 2.18. The zero-order valence-corrected chi connectivity index (χ0v) is 10.3. The van der Waals surface area contributed by atoms with Crippen LogP contribution in [0, 0.1) is 0 Å². The molecule has 0 atom stereocenters. The molecule has 0 spiro atoms. The van der Waals surface area contributed by atoms with E-state index < -0.39 is 0 Å². The van der Waals surface area contributed by atoms with Crippen molar-refractivity contribution in [1.29, 1.82) is 0 Å².